The second kappa shape index (κ2) is 7.18. The van der Waals surface area contributed by atoms with Crippen molar-refractivity contribution in [1.29, 1.82) is 0 Å². The monoisotopic (exact) mass is 451 g/mol. The number of likely N-dealkylation sites (tertiary alicyclic amines) is 1. The molecule has 2 saturated heterocycles. The molecule has 0 radical (unpaired) electrons. The number of benzene rings is 2. The quantitative estimate of drug-likeness (QED) is 0.574. The van der Waals surface area contributed by atoms with Gasteiger partial charge in [-0.25, -0.2) is 8.78 Å². The molecule has 2 aromatic carbocycles. The lowest BCUT2D eigenvalue weighted by Crippen LogP contribution is -2.67. The van der Waals surface area contributed by atoms with Crippen LogP contribution in [-0.2, 0) is 11.3 Å². The molecule has 156 valence electrons. The van der Waals surface area contributed by atoms with Crippen molar-refractivity contribution in [3.8, 4) is 11.3 Å². The first-order valence-electron chi connectivity index (χ1n) is 9.46. The zero-order valence-corrected chi connectivity index (χ0v) is 17.3. The molecule has 5 nitrogen and oxygen atoms in total. The maximum Gasteiger partial charge on any atom is 0.257 e. The third-order valence-electron chi connectivity index (χ3n) is 5.66. The van der Waals surface area contributed by atoms with Crippen molar-refractivity contribution >= 4 is 40.0 Å². The summed E-state index contributed by atoms with van der Waals surface area (Å²) >= 11 is 12.2. The van der Waals surface area contributed by atoms with Crippen molar-refractivity contribution in [1.82, 2.24) is 14.7 Å². The predicted molar refractivity (Wildman–Crippen MR) is 110 cm³/mol. The third kappa shape index (κ3) is 3.25. The van der Waals surface area contributed by atoms with Gasteiger partial charge in [0.05, 0.1) is 34.2 Å². The Labute approximate surface area is 181 Å². The average Bonchev–Trinajstić information content (AvgIpc) is 2.98. The molecule has 0 bridgehead atoms. The van der Waals surface area contributed by atoms with Gasteiger partial charge in [-0.3, -0.25) is 9.48 Å². The Morgan fingerprint density at radius 3 is 2.53 bits per heavy atom. The number of nitrogens with zero attached hydrogens (tertiary/aromatic N) is 3. The molecule has 2 aliphatic rings. The van der Waals surface area contributed by atoms with Crippen LogP contribution in [0.5, 0.6) is 0 Å². The third-order valence-corrected chi connectivity index (χ3v) is 6.40. The molecule has 3 aromatic rings. The molecule has 30 heavy (non-hydrogen) atoms. The number of carbonyl (C=O) groups is 1. The van der Waals surface area contributed by atoms with Crippen molar-refractivity contribution in [3.05, 3.63) is 52.0 Å². The van der Waals surface area contributed by atoms with Gasteiger partial charge in [0, 0.05) is 29.6 Å². The van der Waals surface area contributed by atoms with Gasteiger partial charge < -0.3 is 9.64 Å². The number of fused-ring (bicyclic) bond motifs is 1. The van der Waals surface area contributed by atoms with Crippen LogP contribution in [0.25, 0.3) is 22.2 Å². The highest BCUT2D eigenvalue weighted by Gasteiger charge is 2.50. The van der Waals surface area contributed by atoms with E-state index in [9.17, 15) is 13.6 Å². The van der Waals surface area contributed by atoms with Gasteiger partial charge in [-0.1, -0.05) is 29.3 Å². The number of ether oxygens (including phenoxy) is 1. The number of carbonyl (C=O) groups excluding carboxylic acids is 1. The highest BCUT2D eigenvalue weighted by atomic mass is 35.5. The lowest BCUT2D eigenvalue weighted by molar-refractivity contribution is -0.176. The molecule has 0 aliphatic carbocycles. The van der Waals surface area contributed by atoms with Crippen molar-refractivity contribution in [2.45, 2.75) is 13.0 Å². The molecule has 1 spiro atoms. The van der Waals surface area contributed by atoms with E-state index in [-0.39, 0.29) is 11.3 Å². The average molecular weight is 452 g/mol. The lowest BCUT2D eigenvalue weighted by Gasteiger charge is -2.54. The first-order chi connectivity index (χ1) is 14.3. The Morgan fingerprint density at radius 2 is 1.90 bits per heavy atom. The van der Waals surface area contributed by atoms with Crippen LogP contribution in [0.4, 0.5) is 8.78 Å². The summed E-state index contributed by atoms with van der Waals surface area (Å²) in [7, 11) is 0. The van der Waals surface area contributed by atoms with E-state index in [0.29, 0.717) is 64.1 Å². The van der Waals surface area contributed by atoms with E-state index in [2.05, 4.69) is 5.10 Å². The predicted octanol–water partition coefficient (Wildman–Crippen LogP) is 4.75. The number of amides is 1. The molecule has 0 saturated carbocycles. The first kappa shape index (κ1) is 19.7. The number of halogens is 4. The summed E-state index contributed by atoms with van der Waals surface area (Å²) in [5, 5.41) is 5.73. The molecule has 9 heteroatoms. The molecule has 2 aliphatic heterocycles. The zero-order chi connectivity index (χ0) is 21.0. The van der Waals surface area contributed by atoms with E-state index >= 15 is 0 Å². The first-order valence-corrected chi connectivity index (χ1v) is 10.2. The van der Waals surface area contributed by atoms with Gasteiger partial charge in [0.2, 0.25) is 0 Å². The molecule has 0 N–H and O–H groups in total. The summed E-state index contributed by atoms with van der Waals surface area (Å²) in [6.07, 6.45) is -2.56. The maximum absolute atomic E-state index is 13.1. The van der Waals surface area contributed by atoms with Crippen LogP contribution in [-0.4, -0.2) is 53.3 Å². The van der Waals surface area contributed by atoms with Crippen LogP contribution in [0, 0.1) is 5.41 Å². The minimum Gasteiger partial charge on any atom is -0.380 e. The van der Waals surface area contributed by atoms with Crippen LogP contribution in [0.2, 0.25) is 10.0 Å². The topological polar surface area (TPSA) is 47.4 Å². The second-order valence-electron chi connectivity index (χ2n) is 7.94. The van der Waals surface area contributed by atoms with Gasteiger partial charge in [0.25, 0.3) is 12.3 Å². The van der Waals surface area contributed by atoms with Gasteiger partial charge in [-0.15, -0.1) is 0 Å². The Balaban J connectivity index is 1.55. The molecule has 2 fully saturated rings. The minimum absolute atomic E-state index is 0.0869. The van der Waals surface area contributed by atoms with Gasteiger partial charge in [-0.2, -0.15) is 5.10 Å². The highest BCUT2D eigenvalue weighted by molar-refractivity contribution is 6.42. The lowest BCUT2D eigenvalue weighted by atomic mass is 9.78. The SMILES string of the molecule is O=C(c1ccc2c(c1)c(-c1ccc(Cl)c(Cl)c1)nn2CC(F)F)N1CC2(COC2)C1. The fourth-order valence-electron chi connectivity index (χ4n) is 4.10. The van der Waals surface area contributed by atoms with Crippen LogP contribution in [0.1, 0.15) is 10.4 Å². The summed E-state index contributed by atoms with van der Waals surface area (Å²) in [4.78, 5) is 14.7. The van der Waals surface area contributed by atoms with E-state index in [4.69, 9.17) is 27.9 Å². The molecular formula is C21H17Cl2F2N3O2. The van der Waals surface area contributed by atoms with Gasteiger partial charge in [-0.05, 0) is 30.3 Å². The standard InChI is InChI=1S/C21H17Cl2F2N3O2/c22-15-3-1-12(6-16(15)23)19-14-5-13(2-4-17(14)28(26-19)7-18(24)25)20(29)27-8-21(9-27)10-30-11-21/h1-6,18H,7-11H2. The van der Waals surface area contributed by atoms with Crippen LogP contribution in [0.15, 0.2) is 36.4 Å². The van der Waals surface area contributed by atoms with Crippen LogP contribution in [0.3, 0.4) is 0 Å². The number of aromatic nitrogens is 2. The zero-order valence-electron chi connectivity index (χ0n) is 15.7. The normalized spacial score (nSPS) is 17.4. The van der Waals surface area contributed by atoms with E-state index in [1.54, 1.807) is 41.3 Å². The molecule has 3 heterocycles. The minimum atomic E-state index is -2.56. The highest BCUT2D eigenvalue weighted by Crippen LogP contribution is 2.39. The summed E-state index contributed by atoms with van der Waals surface area (Å²) in [5.74, 6) is -0.0869. The maximum atomic E-state index is 13.1. The number of rotatable bonds is 4. The fraction of sp³-hybridized carbons (Fsp3) is 0.333. The second-order valence-corrected chi connectivity index (χ2v) is 8.75. The van der Waals surface area contributed by atoms with Gasteiger partial charge >= 0.3 is 0 Å². The fourth-order valence-corrected chi connectivity index (χ4v) is 4.40. The smallest absolute Gasteiger partial charge is 0.257 e. The van der Waals surface area contributed by atoms with Crippen LogP contribution < -0.4 is 0 Å². The van der Waals surface area contributed by atoms with E-state index in [1.165, 1.54) is 4.68 Å². The van der Waals surface area contributed by atoms with E-state index in [0.717, 1.165) is 0 Å². The summed E-state index contributed by atoms with van der Waals surface area (Å²) in [5.41, 5.74) is 2.26. The number of hydrogen-bond acceptors (Lipinski definition) is 3. The van der Waals surface area contributed by atoms with Gasteiger partial charge in [0.15, 0.2) is 0 Å². The van der Waals surface area contributed by atoms with Crippen molar-refractivity contribution in [3.63, 3.8) is 0 Å². The molecular weight excluding hydrogens is 435 g/mol. The molecule has 0 atom stereocenters. The largest absolute Gasteiger partial charge is 0.380 e. The Hall–Kier alpha value is -2.22. The van der Waals surface area contributed by atoms with Crippen molar-refractivity contribution in [2.75, 3.05) is 26.3 Å². The van der Waals surface area contributed by atoms with Crippen molar-refractivity contribution < 1.29 is 18.3 Å². The molecule has 5 rings (SSSR count). The summed E-state index contributed by atoms with van der Waals surface area (Å²) in [6.45, 7) is 2.19. The Kier molecular flexibility index (Phi) is 4.72. The van der Waals surface area contributed by atoms with Crippen molar-refractivity contribution in [2.24, 2.45) is 5.41 Å². The summed E-state index contributed by atoms with van der Waals surface area (Å²) < 4.78 is 32.7. The molecule has 0 unspecified atom stereocenters. The van der Waals surface area contributed by atoms with Crippen LogP contribution >= 0.6 is 23.2 Å². The Bertz CT molecular complexity index is 1150. The number of hydrogen-bond donors (Lipinski definition) is 0. The van der Waals surface area contributed by atoms with E-state index < -0.39 is 13.0 Å². The molecule has 1 amide bonds. The number of alkyl halides is 2. The summed E-state index contributed by atoms with van der Waals surface area (Å²) in [6, 6.07) is 10.0. The molecule has 1 aromatic heterocycles. The van der Waals surface area contributed by atoms with E-state index in [1.807, 2.05) is 0 Å². The Morgan fingerprint density at radius 1 is 1.13 bits per heavy atom. The van der Waals surface area contributed by atoms with Gasteiger partial charge in [0.1, 0.15) is 12.2 Å².